The van der Waals surface area contributed by atoms with E-state index in [1.165, 1.54) is 0 Å². The summed E-state index contributed by atoms with van der Waals surface area (Å²) in [6, 6.07) is 28.1. The van der Waals surface area contributed by atoms with Gasteiger partial charge in [-0.2, -0.15) is 0 Å². The van der Waals surface area contributed by atoms with Crippen molar-refractivity contribution in [3.05, 3.63) is 118 Å². The first kappa shape index (κ1) is 21.3. The maximum Gasteiger partial charge on any atom is 0.130 e. The van der Waals surface area contributed by atoms with Gasteiger partial charge in [-0.1, -0.05) is 77.8 Å². The Labute approximate surface area is 202 Å². The summed E-state index contributed by atoms with van der Waals surface area (Å²) in [6.45, 7) is 0.555. The number of aromatic amines is 1. The van der Waals surface area contributed by atoms with Crippen molar-refractivity contribution in [1.82, 2.24) is 9.97 Å². The minimum atomic E-state index is 0.555. The van der Waals surface area contributed by atoms with Gasteiger partial charge >= 0.3 is 0 Å². The van der Waals surface area contributed by atoms with Crippen LogP contribution >= 0.6 is 23.2 Å². The summed E-state index contributed by atoms with van der Waals surface area (Å²) in [5, 5.41) is 3.48. The highest BCUT2D eigenvalue weighted by atomic mass is 35.5. The molecule has 0 aliphatic rings. The Balaban J connectivity index is 1.29. The Morgan fingerprint density at radius 3 is 2.48 bits per heavy atom. The molecule has 0 aliphatic heterocycles. The highest BCUT2D eigenvalue weighted by Crippen LogP contribution is 2.29. The Morgan fingerprint density at radius 1 is 0.818 bits per heavy atom. The number of nitrogens with one attached hydrogen (secondary N) is 1. The molecule has 0 radical (unpaired) electrons. The van der Waals surface area contributed by atoms with Crippen LogP contribution in [0.2, 0.25) is 10.0 Å². The zero-order valence-electron chi connectivity index (χ0n) is 17.6. The fourth-order valence-electron chi connectivity index (χ4n) is 3.62. The van der Waals surface area contributed by atoms with E-state index in [1.54, 1.807) is 12.3 Å². The third-order valence-corrected chi connectivity index (χ3v) is 5.88. The summed E-state index contributed by atoms with van der Waals surface area (Å²) in [5.41, 5.74) is 3.95. The molecule has 4 aromatic carbocycles. The van der Waals surface area contributed by atoms with Crippen LogP contribution in [0, 0.1) is 0 Å². The lowest BCUT2D eigenvalue weighted by atomic mass is 10.1. The van der Waals surface area contributed by atoms with Gasteiger partial charge in [0.2, 0.25) is 0 Å². The van der Waals surface area contributed by atoms with Gasteiger partial charge in [-0.3, -0.25) is 0 Å². The Hall–Kier alpha value is -3.53. The second-order valence-electron chi connectivity index (χ2n) is 7.68. The number of hydrogen-bond acceptors (Lipinski definition) is 2. The summed E-state index contributed by atoms with van der Waals surface area (Å²) in [5.74, 6) is 1.61. The molecular weight excluding hydrogens is 451 g/mol. The molecule has 5 heteroatoms. The van der Waals surface area contributed by atoms with Crippen molar-refractivity contribution in [3.8, 4) is 17.0 Å². The first-order valence-corrected chi connectivity index (χ1v) is 11.3. The Kier molecular flexibility index (Phi) is 6.16. The van der Waals surface area contributed by atoms with Crippen molar-refractivity contribution < 1.29 is 4.74 Å². The van der Waals surface area contributed by atoms with Gasteiger partial charge in [0.1, 0.15) is 18.2 Å². The zero-order valence-corrected chi connectivity index (χ0v) is 19.1. The van der Waals surface area contributed by atoms with Crippen LogP contribution in [0.3, 0.4) is 0 Å². The number of aromatic nitrogens is 2. The van der Waals surface area contributed by atoms with E-state index in [0.717, 1.165) is 44.7 Å². The first-order valence-electron chi connectivity index (χ1n) is 10.5. The molecule has 0 atom stereocenters. The monoisotopic (exact) mass is 470 g/mol. The van der Waals surface area contributed by atoms with E-state index in [-0.39, 0.29) is 0 Å². The van der Waals surface area contributed by atoms with E-state index in [0.29, 0.717) is 16.7 Å². The lowest BCUT2D eigenvalue weighted by Crippen LogP contribution is -1.94. The van der Waals surface area contributed by atoms with E-state index < -0.39 is 0 Å². The van der Waals surface area contributed by atoms with Crippen molar-refractivity contribution in [2.75, 3.05) is 0 Å². The molecule has 3 nitrogen and oxygen atoms in total. The van der Waals surface area contributed by atoms with Gasteiger partial charge in [0.15, 0.2) is 0 Å². The molecule has 1 N–H and O–H groups in total. The molecule has 5 aromatic rings. The van der Waals surface area contributed by atoms with E-state index >= 15 is 0 Å². The molecule has 0 unspecified atom stereocenters. The van der Waals surface area contributed by atoms with Crippen LogP contribution in [-0.2, 0) is 6.61 Å². The molecule has 162 valence electrons. The van der Waals surface area contributed by atoms with Gasteiger partial charge in [0, 0.05) is 10.6 Å². The van der Waals surface area contributed by atoms with Gasteiger partial charge < -0.3 is 9.72 Å². The molecule has 33 heavy (non-hydrogen) atoms. The second kappa shape index (κ2) is 9.53. The van der Waals surface area contributed by atoms with Crippen molar-refractivity contribution in [1.29, 1.82) is 0 Å². The highest BCUT2D eigenvalue weighted by molar-refractivity contribution is 6.36. The number of ether oxygens (including phenoxy) is 1. The topological polar surface area (TPSA) is 37.9 Å². The Morgan fingerprint density at radius 2 is 1.64 bits per heavy atom. The van der Waals surface area contributed by atoms with E-state index in [1.807, 2.05) is 48.6 Å². The normalized spacial score (nSPS) is 11.3. The number of halogens is 2. The van der Waals surface area contributed by atoms with Crippen molar-refractivity contribution in [2.45, 2.75) is 6.61 Å². The number of fused-ring (bicyclic) bond motifs is 1. The van der Waals surface area contributed by atoms with E-state index in [9.17, 15) is 0 Å². The van der Waals surface area contributed by atoms with Crippen molar-refractivity contribution >= 4 is 46.1 Å². The number of H-pyrrole nitrogens is 1. The lowest BCUT2D eigenvalue weighted by Gasteiger charge is -2.08. The Bertz CT molecular complexity index is 1440. The standard InChI is InChI=1S/C28H20Cl2N2O/c29-23-10-12-25(26(30)16-23)27-17-31-28(32-27)13-7-19-6-8-22-15-24(11-9-21(22)14-19)33-18-20-4-2-1-3-5-20/h1-17H,18H2,(H,31,32)/b13-7+. The molecule has 0 saturated carbocycles. The predicted molar refractivity (Wildman–Crippen MR) is 138 cm³/mol. The summed E-state index contributed by atoms with van der Waals surface area (Å²) in [7, 11) is 0. The minimum Gasteiger partial charge on any atom is -0.489 e. The van der Waals surface area contributed by atoms with Gasteiger partial charge in [0.25, 0.3) is 0 Å². The quantitative estimate of drug-likeness (QED) is 0.271. The third kappa shape index (κ3) is 5.11. The van der Waals surface area contributed by atoms with Crippen LogP contribution in [0.25, 0.3) is 34.2 Å². The fourth-order valence-corrected chi connectivity index (χ4v) is 4.13. The van der Waals surface area contributed by atoms with Gasteiger partial charge in [0.05, 0.1) is 16.9 Å². The number of benzene rings is 4. The number of imidazole rings is 1. The molecule has 0 amide bonds. The zero-order chi connectivity index (χ0) is 22.6. The molecule has 5 rings (SSSR count). The summed E-state index contributed by atoms with van der Waals surface area (Å²) >= 11 is 12.3. The third-order valence-electron chi connectivity index (χ3n) is 5.33. The van der Waals surface area contributed by atoms with Crippen LogP contribution in [0.4, 0.5) is 0 Å². The average molecular weight is 471 g/mol. The van der Waals surface area contributed by atoms with Crippen molar-refractivity contribution in [3.63, 3.8) is 0 Å². The smallest absolute Gasteiger partial charge is 0.130 e. The van der Waals surface area contributed by atoms with E-state index in [4.69, 9.17) is 27.9 Å². The van der Waals surface area contributed by atoms with Gasteiger partial charge in [-0.25, -0.2) is 4.98 Å². The highest BCUT2D eigenvalue weighted by Gasteiger charge is 2.07. The van der Waals surface area contributed by atoms with Gasteiger partial charge in [-0.15, -0.1) is 0 Å². The lowest BCUT2D eigenvalue weighted by molar-refractivity contribution is 0.306. The molecule has 0 saturated heterocycles. The average Bonchev–Trinajstić information content (AvgIpc) is 3.30. The van der Waals surface area contributed by atoms with E-state index in [2.05, 4.69) is 52.4 Å². The fraction of sp³-hybridized carbons (Fsp3) is 0.0357. The maximum absolute atomic E-state index is 6.30. The van der Waals surface area contributed by atoms with Crippen molar-refractivity contribution in [2.24, 2.45) is 0 Å². The minimum absolute atomic E-state index is 0.555. The molecular formula is C28H20Cl2N2O. The summed E-state index contributed by atoms with van der Waals surface area (Å²) in [6.07, 6.45) is 5.75. The van der Waals surface area contributed by atoms with Crippen LogP contribution in [0.5, 0.6) is 5.75 Å². The molecule has 0 aliphatic carbocycles. The second-order valence-corrected chi connectivity index (χ2v) is 8.53. The van der Waals surface area contributed by atoms with Gasteiger partial charge in [-0.05, 0) is 64.4 Å². The number of rotatable bonds is 6. The molecule has 0 fully saturated rings. The number of hydrogen-bond donors (Lipinski definition) is 1. The first-order chi connectivity index (χ1) is 16.1. The van der Waals surface area contributed by atoms with Crippen LogP contribution in [0.15, 0.2) is 91.1 Å². The molecule has 1 heterocycles. The van der Waals surface area contributed by atoms with Crippen LogP contribution in [0.1, 0.15) is 17.0 Å². The molecule has 0 spiro atoms. The molecule has 1 aromatic heterocycles. The van der Waals surface area contributed by atoms with Crippen LogP contribution < -0.4 is 4.74 Å². The maximum atomic E-state index is 6.30. The van der Waals surface area contributed by atoms with Crippen LogP contribution in [-0.4, -0.2) is 9.97 Å². The summed E-state index contributed by atoms with van der Waals surface area (Å²) in [4.78, 5) is 7.73. The predicted octanol–water partition coefficient (Wildman–Crippen LogP) is 8.29. The molecule has 0 bridgehead atoms. The largest absolute Gasteiger partial charge is 0.489 e. The number of nitrogens with zero attached hydrogens (tertiary/aromatic N) is 1. The SMILES string of the molecule is Clc1ccc(-c2cnc(/C=C/c3ccc4cc(OCc5ccccc5)ccc4c3)[nH]2)c(Cl)c1. The summed E-state index contributed by atoms with van der Waals surface area (Å²) < 4.78 is 5.95.